The largest absolute Gasteiger partial charge is 0.494 e. The summed E-state index contributed by atoms with van der Waals surface area (Å²) in [6.45, 7) is 7.48. The maximum Gasteiger partial charge on any atom is 0.343 e. The summed E-state index contributed by atoms with van der Waals surface area (Å²) in [5.41, 5.74) is 1.38. The molecule has 0 bridgehead atoms. The molecule has 0 radical (unpaired) electrons. The fourth-order valence-electron chi connectivity index (χ4n) is 3.27. The number of carbonyl (C=O) groups excluding carboxylic acids is 1. The standard InChI is InChI=1S/C23H28O5/c1-4-6-19-15-26-23(27-16(19)3)18-9-7-17(8-10-18)22(24)28-21-13-11-20(12-14-21)25-5-2/h7-14,16,19,23H,4-6,15H2,1-3H3. The Morgan fingerprint density at radius 3 is 2.32 bits per heavy atom. The van der Waals surface area contributed by atoms with Crippen molar-refractivity contribution < 1.29 is 23.7 Å². The minimum absolute atomic E-state index is 0.156. The summed E-state index contributed by atoms with van der Waals surface area (Å²) in [4.78, 5) is 12.4. The van der Waals surface area contributed by atoms with E-state index in [1.807, 2.05) is 19.1 Å². The van der Waals surface area contributed by atoms with Crippen molar-refractivity contribution in [1.29, 1.82) is 0 Å². The van der Waals surface area contributed by atoms with Gasteiger partial charge in [-0.1, -0.05) is 25.5 Å². The van der Waals surface area contributed by atoms with Crippen LogP contribution in [0, 0.1) is 5.92 Å². The van der Waals surface area contributed by atoms with Crippen LogP contribution in [-0.4, -0.2) is 25.3 Å². The van der Waals surface area contributed by atoms with Crippen molar-refractivity contribution in [3.63, 3.8) is 0 Å². The highest BCUT2D eigenvalue weighted by Crippen LogP contribution is 2.31. The Hall–Kier alpha value is -2.37. The lowest BCUT2D eigenvalue weighted by molar-refractivity contribution is -0.237. The number of esters is 1. The van der Waals surface area contributed by atoms with Crippen LogP contribution in [-0.2, 0) is 9.47 Å². The molecule has 0 aliphatic carbocycles. The van der Waals surface area contributed by atoms with E-state index in [-0.39, 0.29) is 12.4 Å². The van der Waals surface area contributed by atoms with Crippen LogP contribution in [0.25, 0.3) is 0 Å². The Morgan fingerprint density at radius 1 is 1.04 bits per heavy atom. The molecule has 0 spiro atoms. The lowest BCUT2D eigenvalue weighted by Crippen LogP contribution is -2.34. The first-order valence-corrected chi connectivity index (χ1v) is 9.92. The summed E-state index contributed by atoms with van der Waals surface area (Å²) in [5, 5.41) is 0. The van der Waals surface area contributed by atoms with Gasteiger partial charge in [-0.2, -0.15) is 0 Å². The van der Waals surface area contributed by atoms with Crippen molar-refractivity contribution >= 4 is 5.97 Å². The van der Waals surface area contributed by atoms with E-state index < -0.39 is 5.97 Å². The van der Waals surface area contributed by atoms with E-state index >= 15 is 0 Å². The topological polar surface area (TPSA) is 54.0 Å². The molecule has 1 heterocycles. The predicted molar refractivity (Wildman–Crippen MR) is 107 cm³/mol. The molecule has 0 N–H and O–H groups in total. The molecular formula is C23H28O5. The normalized spacial score (nSPS) is 21.9. The zero-order chi connectivity index (χ0) is 19.9. The second-order valence-electron chi connectivity index (χ2n) is 6.97. The molecule has 0 saturated carbocycles. The highest BCUT2D eigenvalue weighted by atomic mass is 16.7. The monoisotopic (exact) mass is 384 g/mol. The maximum atomic E-state index is 12.4. The van der Waals surface area contributed by atoms with Gasteiger partial charge in [0.2, 0.25) is 0 Å². The molecule has 5 nitrogen and oxygen atoms in total. The van der Waals surface area contributed by atoms with Gasteiger partial charge in [0.05, 0.1) is 24.9 Å². The molecule has 5 heteroatoms. The van der Waals surface area contributed by atoms with E-state index in [4.69, 9.17) is 18.9 Å². The Balaban J connectivity index is 1.58. The number of rotatable bonds is 7. The third-order valence-electron chi connectivity index (χ3n) is 4.89. The molecule has 1 fully saturated rings. The van der Waals surface area contributed by atoms with E-state index in [1.165, 1.54) is 0 Å². The smallest absolute Gasteiger partial charge is 0.343 e. The number of ether oxygens (including phenoxy) is 4. The zero-order valence-corrected chi connectivity index (χ0v) is 16.7. The van der Waals surface area contributed by atoms with E-state index in [1.54, 1.807) is 36.4 Å². The highest BCUT2D eigenvalue weighted by Gasteiger charge is 2.29. The van der Waals surface area contributed by atoms with Gasteiger partial charge in [-0.25, -0.2) is 4.79 Å². The molecule has 3 unspecified atom stereocenters. The molecule has 3 rings (SSSR count). The first-order chi connectivity index (χ1) is 13.6. The number of hydrogen-bond donors (Lipinski definition) is 0. The summed E-state index contributed by atoms with van der Waals surface area (Å²) < 4.78 is 22.7. The van der Waals surface area contributed by atoms with Crippen molar-refractivity contribution in [2.75, 3.05) is 13.2 Å². The lowest BCUT2D eigenvalue weighted by Gasteiger charge is -2.35. The zero-order valence-electron chi connectivity index (χ0n) is 16.7. The molecule has 2 aromatic rings. The van der Waals surface area contributed by atoms with Crippen LogP contribution in [0.2, 0.25) is 0 Å². The molecule has 1 aliphatic heterocycles. The minimum atomic E-state index is -0.405. The Bertz CT molecular complexity index is 754. The van der Waals surface area contributed by atoms with Crippen molar-refractivity contribution in [3.05, 3.63) is 59.7 Å². The van der Waals surface area contributed by atoms with Crippen LogP contribution in [0.3, 0.4) is 0 Å². The maximum absolute atomic E-state index is 12.4. The first-order valence-electron chi connectivity index (χ1n) is 9.92. The van der Waals surface area contributed by atoms with Crippen LogP contribution in [0.15, 0.2) is 48.5 Å². The number of benzene rings is 2. The molecule has 0 aromatic heterocycles. The van der Waals surface area contributed by atoms with Gasteiger partial charge in [0.25, 0.3) is 0 Å². The Morgan fingerprint density at radius 2 is 1.71 bits per heavy atom. The van der Waals surface area contributed by atoms with Gasteiger partial charge in [0.15, 0.2) is 6.29 Å². The SMILES string of the molecule is CCCC1COC(c2ccc(C(=O)Oc3ccc(OCC)cc3)cc2)OC1C. The van der Waals surface area contributed by atoms with E-state index in [0.717, 1.165) is 24.2 Å². The fraction of sp³-hybridized carbons (Fsp3) is 0.435. The van der Waals surface area contributed by atoms with Gasteiger partial charge < -0.3 is 18.9 Å². The summed E-state index contributed by atoms with van der Waals surface area (Å²) in [5.74, 6) is 1.25. The Kier molecular flexibility index (Phi) is 7.06. The van der Waals surface area contributed by atoms with Gasteiger partial charge in [0.1, 0.15) is 11.5 Å². The second-order valence-corrected chi connectivity index (χ2v) is 6.97. The lowest BCUT2D eigenvalue weighted by atomic mass is 9.98. The summed E-state index contributed by atoms with van der Waals surface area (Å²) in [6.07, 6.45) is 1.99. The first kappa shape index (κ1) is 20.4. The van der Waals surface area contributed by atoms with Gasteiger partial charge in [-0.05, 0) is 56.7 Å². The van der Waals surface area contributed by atoms with Crippen LogP contribution >= 0.6 is 0 Å². The second kappa shape index (κ2) is 9.71. The number of carbonyl (C=O) groups is 1. The van der Waals surface area contributed by atoms with Gasteiger partial charge in [-0.15, -0.1) is 0 Å². The number of hydrogen-bond acceptors (Lipinski definition) is 5. The van der Waals surface area contributed by atoms with Crippen LogP contribution in [0.5, 0.6) is 11.5 Å². The van der Waals surface area contributed by atoms with E-state index in [2.05, 4.69) is 13.8 Å². The Labute approximate surface area is 166 Å². The average molecular weight is 384 g/mol. The third-order valence-corrected chi connectivity index (χ3v) is 4.89. The van der Waals surface area contributed by atoms with E-state index in [9.17, 15) is 4.79 Å². The predicted octanol–water partition coefficient (Wildman–Crippen LogP) is 5.15. The van der Waals surface area contributed by atoms with Gasteiger partial charge >= 0.3 is 5.97 Å². The van der Waals surface area contributed by atoms with Crippen LogP contribution in [0.1, 0.15) is 55.8 Å². The van der Waals surface area contributed by atoms with Crippen molar-refractivity contribution in [2.24, 2.45) is 5.92 Å². The molecule has 0 amide bonds. The molecule has 3 atom stereocenters. The van der Waals surface area contributed by atoms with Crippen molar-refractivity contribution in [2.45, 2.75) is 46.0 Å². The summed E-state index contributed by atoms with van der Waals surface area (Å²) in [7, 11) is 0. The van der Waals surface area contributed by atoms with Gasteiger partial charge in [-0.3, -0.25) is 0 Å². The molecule has 2 aromatic carbocycles. The summed E-state index contributed by atoms with van der Waals surface area (Å²) in [6, 6.07) is 14.2. The molecule has 28 heavy (non-hydrogen) atoms. The van der Waals surface area contributed by atoms with Crippen molar-refractivity contribution in [3.8, 4) is 11.5 Å². The van der Waals surface area contributed by atoms with Crippen molar-refractivity contribution in [1.82, 2.24) is 0 Å². The summed E-state index contributed by atoms with van der Waals surface area (Å²) >= 11 is 0. The quantitative estimate of drug-likeness (QED) is 0.488. The molecular weight excluding hydrogens is 356 g/mol. The average Bonchev–Trinajstić information content (AvgIpc) is 2.71. The fourth-order valence-corrected chi connectivity index (χ4v) is 3.27. The molecule has 1 aliphatic rings. The highest BCUT2D eigenvalue weighted by molar-refractivity contribution is 5.91. The van der Waals surface area contributed by atoms with Gasteiger partial charge in [0, 0.05) is 11.5 Å². The van der Waals surface area contributed by atoms with Crippen LogP contribution in [0.4, 0.5) is 0 Å². The molecule has 150 valence electrons. The van der Waals surface area contributed by atoms with Crippen LogP contribution < -0.4 is 9.47 Å². The molecule has 1 saturated heterocycles. The third kappa shape index (κ3) is 5.12. The van der Waals surface area contributed by atoms with E-state index in [0.29, 0.717) is 30.4 Å². The minimum Gasteiger partial charge on any atom is -0.494 e.